The first-order valence-corrected chi connectivity index (χ1v) is 14.6. The zero-order chi connectivity index (χ0) is 24.9. The maximum absolute atomic E-state index is 12.8. The average molecular weight is 508 g/mol. The van der Waals surface area contributed by atoms with E-state index in [9.17, 15) is 21.6 Å². The number of nitrogens with one attached hydrogen (secondary N) is 1. The van der Waals surface area contributed by atoms with Gasteiger partial charge in [0.25, 0.3) is 0 Å². The number of hydrogen-bond donors (Lipinski definition) is 1. The molecule has 1 amide bonds. The van der Waals surface area contributed by atoms with Gasteiger partial charge in [0.1, 0.15) is 0 Å². The molecule has 3 rings (SSSR count). The Balaban J connectivity index is 1.56. The van der Waals surface area contributed by atoms with Gasteiger partial charge in [-0.1, -0.05) is 43.7 Å². The van der Waals surface area contributed by atoms with Crippen LogP contribution in [0.1, 0.15) is 37.8 Å². The fraction of sp³-hybridized carbons (Fsp3) is 0.458. The molecule has 0 atom stereocenters. The van der Waals surface area contributed by atoms with Crippen molar-refractivity contribution in [2.24, 2.45) is 5.92 Å². The van der Waals surface area contributed by atoms with Gasteiger partial charge in [0.2, 0.25) is 26.0 Å². The van der Waals surface area contributed by atoms with Crippen LogP contribution in [0.3, 0.4) is 0 Å². The Morgan fingerprint density at radius 3 is 2.03 bits per heavy atom. The molecule has 0 radical (unpaired) electrons. The first-order valence-electron chi connectivity index (χ1n) is 11.5. The largest absolute Gasteiger partial charge is 0.326 e. The zero-order valence-electron chi connectivity index (χ0n) is 19.9. The van der Waals surface area contributed by atoms with Crippen molar-refractivity contribution in [2.45, 2.75) is 44.3 Å². The number of rotatable bonds is 9. The van der Waals surface area contributed by atoms with Gasteiger partial charge in [-0.25, -0.2) is 21.1 Å². The molecule has 2 aromatic carbocycles. The summed E-state index contributed by atoms with van der Waals surface area (Å²) < 4.78 is 53.6. The number of nitrogens with zero attached hydrogens (tertiary/aromatic N) is 2. The molecule has 1 aliphatic rings. The molecular formula is C24H33N3O5S2. The lowest BCUT2D eigenvalue weighted by Crippen LogP contribution is -2.41. The minimum Gasteiger partial charge on any atom is -0.326 e. The summed E-state index contributed by atoms with van der Waals surface area (Å²) in [6.45, 7) is 6.90. The molecule has 10 heteroatoms. The van der Waals surface area contributed by atoms with Crippen LogP contribution in [0.25, 0.3) is 0 Å². The second kappa shape index (κ2) is 11.0. The monoisotopic (exact) mass is 507 g/mol. The SMILES string of the molecule is CCN(CC)S(=O)(=O)c1ccc(NC(=O)C2CCN(S(=O)(=O)Cc3ccc(C)cc3)CC2)cc1. The topological polar surface area (TPSA) is 104 Å². The Labute approximate surface area is 203 Å². The molecule has 0 bridgehead atoms. The van der Waals surface area contributed by atoms with E-state index in [-0.39, 0.29) is 22.5 Å². The summed E-state index contributed by atoms with van der Waals surface area (Å²) in [5.74, 6) is -0.535. The highest BCUT2D eigenvalue weighted by Gasteiger charge is 2.31. The van der Waals surface area contributed by atoms with Crippen molar-refractivity contribution in [2.75, 3.05) is 31.5 Å². The van der Waals surface area contributed by atoms with E-state index in [4.69, 9.17) is 0 Å². The van der Waals surface area contributed by atoms with Crippen molar-refractivity contribution in [3.63, 3.8) is 0 Å². The van der Waals surface area contributed by atoms with Crippen LogP contribution in [0.15, 0.2) is 53.4 Å². The third-order valence-corrected chi connectivity index (χ3v) is 10.1. The summed E-state index contributed by atoms with van der Waals surface area (Å²) in [6, 6.07) is 13.6. The summed E-state index contributed by atoms with van der Waals surface area (Å²) in [6.07, 6.45) is 0.876. The van der Waals surface area contributed by atoms with E-state index in [0.717, 1.165) is 11.1 Å². The predicted molar refractivity (Wildman–Crippen MR) is 133 cm³/mol. The third-order valence-electron chi connectivity index (χ3n) is 6.15. The van der Waals surface area contributed by atoms with E-state index >= 15 is 0 Å². The number of carbonyl (C=O) groups is 1. The van der Waals surface area contributed by atoms with Gasteiger partial charge < -0.3 is 5.32 Å². The fourth-order valence-electron chi connectivity index (χ4n) is 4.05. The van der Waals surface area contributed by atoms with E-state index in [1.807, 2.05) is 31.2 Å². The van der Waals surface area contributed by atoms with Crippen molar-refractivity contribution < 1.29 is 21.6 Å². The normalized spacial score (nSPS) is 16.0. The van der Waals surface area contributed by atoms with Crippen molar-refractivity contribution >= 4 is 31.6 Å². The Morgan fingerprint density at radius 1 is 0.941 bits per heavy atom. The molecule has 34 heavy (non-hydrogen) atoms. The van der Waals surface area contributed by atoms with Gasteiger partial charge in [0.05, 0.1) is 10.6 Å². The Bertz CT molecular complexity index is 1180. The molecule has 2 aromatic rings. The minimum atomic E-state index is -3.55. The maximum Gasteiger partial charge on any atom is 0.243 e. The van der Waals surface area contributed by atoms with E-state index in [1.165, 1.54) is 20.7 Å². The summed E-state index contributed by atoms with van der Waals surface area (Å²) in [5, 5.41) is 2.83. The molecule has 1 N–H and O–H groups in total. The van der Waals surface area contributed by atoms with E-state index < -0.39 is 20.0 Å². The van der Waals surface area contributed by atoms with Crippen LogP contribution in [0, 0.1) is 12.8 Å². The molecule has 0 spiro atoms. The Kier molecular flexibility index (Phi) is 8.51. The van der Waals surface area contributed by atoms with Gasteiger partial charge in [-0.05, 0) is 49.6 Å². The second-order valence-corrected chi connectivity index (χ2v) is 12.4. The average Bonchev–Trinajstić information content (AvgIpc) is 2.81. The number of hydrogen-bond acceptors (Lipinski definition) is 5. The standard InChI is InChI=1S/C24H33N3O5S2/c1-4-26(5-2)34(31,32)23-12-10-22(11-13-23)25-24(28)21-14-16-27(17-15-21)33(29,30)18-20-8-6-19(3)7-9-20/h6-13,21H,4-5,14-18H2,1-3H3,(H,25,28). The lowest BCUT2D eigenvalue weighted by molar-refractivity contribution is -0.120. The van der Waals surface area contributed by atoms with Crippen molar-refractivity contribution in [3.05, 3.63) is 59.7 Å². The Morgan fingerprint density at radius 2 is 1.50 bits per heavy atom. The van der Waals surface area contributed by atoms with Crippen LogP contribution >= 0.6 is 0 Å². The third kappa shape index (κ3) is 6.24. The van der Waals surface area contributed by atoms with Crippen molar-refractivity contribution in [1.29, 1.82) is 0 Å². The highest BCUT2D eigenvalue weighted by molar-refractivity contribution is 7.89. The lowest BCUT2D eigenvalue weighted by Gasteiger charge is -2.30. The van der Waals surface area contributed by atoms with E-state index in [2.05, 4.69) is 5.32 Å². The molecule has 1 aliphatic heterocycles. The molecule has 1 fully saturated rings. The highest BCUT2D eigenvalue weighted by atomic mass is 32.2. The van der Waals surface area contributed by atoms with Gasteiger partial charge in [0, 0.05) is 37.8 Å². The van der Waals surface area contributed by atoms with Gasteiger partial charge in [-0.2, -0.15) is 4.31 Å². The first kappa shape index (κ1) is 26.3. The van der Waals surface area contributed by atoms with E-state index in [0.29, 0.717) is 44.7 Å². The lowest BCUT2D eigenvalue weighted by atomic mass is 9.97. The summed E-state index contributed by atoms with van der Waals surface area (Å²) in [5.41, 5.74) is 2.34. The number of anilines is 1. The predicted octanol–water partition coefficient (Wildman–Crippen LogP) is 3.21. The smallest absolute Gasteiger partial charge is 0.243 e. The zero-order valence-corrected chi connectivity index (χ0v) is 21.5. The van der Waals surface area contributed by atoms with Crippen LogP contribution < -0.4 is 5.32 Å². The molecule has 0 aliphatic carbocycles. The second-order valence-electron chi connectivity index (χ2n) is 8.52. The molecule has 186 valence electrons. The van der Waals surface area contributed by atoms with Gasteiger partial charge in [0.15, 0.2) is 0 Å². The van der Waals surface area contributed by atoms with Crippen LogP contribution in [0.2, 0.25) is 0 Å². The van der Waals surface area contributed by atoms with E-state index in [1.54, 1.807) is 26.0 Å². The number of sulfonamides is 2. The molecule has 0 unspecified atom stereocenters. The molecule has 8 nitrogen and oxygen atoms in total. The van der Waals surface area contributed by atoms with Gasteiger partial charge in [-0.3, -0.25) is 4.79 Å². The summed E-state index contributed by atoms with van der Waals surface area (Å²) in [4.78, 5) is 12.9. The van der Waals surface area contributed by atoms with Crippen LogP contribution in [-0.4, -0.2) is 57.5 Å². The number of amides is 1. The molecule has 1 saturated heterocycles. The molecule has 0 aromatic heterocycles. The van der Waals surface area contributed by atoms with Gasteiger partial charge in [-0.15, -0.1) is 0 Å². The minimum absolute atomic E-state index is 0.0487. The quantitative estimate of drug-likeness (QED) is 0.561. The van der Waals surface area contributed by atoms with Gasteiger partial charge >= 0.3 is 0 Å². The summed E-state index contributed by atoms with van der Waals surface area (Å²) >= 11 is 0. The molecular weight excluding hydrogens is 474 g/mol. The number of carbonyl (C=O) groups excluding carboxylic acids is 1. The molecule has 0 saturated carbocycles. The molecule has 1 heterocycles. The van der Waals surface area contributed by atoms with Crippen LogP contribution in [0.4, 0.5) is 5.69 Å². The highest BCUT2D eigenvalue weighted by Crippen LogP contribution is 2.24. The van der Waals surface area contributed by atoms with Crippen LogP contribution in [0.5, 0.6) is 0 Å². The number of aryl methyl sites for hydroxylation is 1. The fourth-order valence-corrected chi connectivity index (χ4v) is 7.07. The van der Waals surface area contributed by atoms with Crippen molar-refractivity contribution in [1.82, 2.24) is 8.61 Å². The number of piperidine rings is 1. The first-order chi connectivity index (χ1) is 16.1. The van der Waals surface area contributed by atoms with Crippen molar-refractivity contribution in [3.8, 4) is 0 Å². The van der Waals surface area contributed by atoms with Crippen LogP contribution in [-0.2, 0) is 30.6 Å². The number of benzene rings is 2. The summed E-state index contributed by atoms with van der Waals surface area (Å²) in [7, 11) is -7.00. The maximum atomic E-state index is 12.8. The Hall–Kier alpha value is -2.27.